The number of rotatable bonds is 6. The Balaban J connectivity index is 2.78. The van der Waals surface area contributed by atoms with Gasteiger partial charge in [-0.25, -0.2) is 0 Å². The lowest BCUT2D eigenvalue weighted by atomic mass is 10.1. The van der Waals surface area contributed by atoms with E-state index in [0.717, 1.165) is 33.2 Å². The Morgan fingerprint density at radius 3 is 2.25 bits per heavy atom. The fraction of sp³-hybridized carbons (Fsp3) is 0.500. The average molecular weight is 405 g/mol. The summed E-state index contributed by atoms with van der Waals surface area (Å²) < 4.78 is 7.73. The van der Waals surface area contributed by atoms with Crippen molar-refractivity contribution in [3.05, 3.63) is 38.8 Å². The van der Waals surface area contributed by atoms with E-state index < -0.39 is 0 Å². The Kier molecular flexibility index (Phi) is 6.76. The molecule has 2 nitrogen and oxygen atoms in total. The van der Waals surface area contributed by atoms with E-state index in [4.69, 9.17) is 4.74 Å². The highest BCUT2D eigenvalue weighted by Crippen LogP contribution is 2.35. The van der Waals surface area contributed by atoms with E-state index in [9.17, 15) is 0 Å². The molecule has 0 atom stereocenters. The Bertz CT molecular complexity index is 455. The minimum atomic E-state index is 0.104. The SMILES string of the molecule is C=C(CC)COc1c(Br)cc(CNC(C)(C)C)cc1Br. The van der Waals surface area contributed by atoms with E-state index in [-0.39, 0.29) is 5.54 Å². The zero-order valence-electron chi connectivity index (χ0n) is 12.6. The van der Waals surface area contributed by atoms with Crippen LogP contribution in [0.2, 0.25) is 0 Å². The molecule has 0 unspecified atom stereocenters. The van der Waals surface area contributed by atoms with Crippen molar-refractivity contribution in [1.29, 1.82) is 0 Å². The highest BCUT2D eigenvalue weighted by atomic mass is 79.9. The average Bonchev–Trinajstić information content (AvgIpc) is 2.34. The van der Waals surface area contributed by atoms with Gasteiger partial charge in [0.05, 0.1) is 8.95 Å². The summed E-state index contributed by atoms with van der Waals surface area (Å²) in [6, 6.07) is 4.18. The van der Waals surface area contributed by atoms with Crippen molar-refractivity contribution in [1.82, 2.24) is 5.32 Å². The number of hydrogen-bond acceptors (Lipinski definition) is 2. The van der Waals surface area contributed by atoms with E-state index in [1.165, 1.54) is 5.56 Å². The molecule has 112 valence electrons. The van der Waals surface area contributed by atoms with Gasteiger partial charge in [0.2, 0.25) is 0 Å². The lowest BCUT2D eigenvalue weighted by Gasteiger charge is -2.21. The first kappa shape index (κ1) is 17.7. The smallest absolute Gasteiger partial charge is 0.148 e. The molecule has 0 aliphatic rings. The van der Waals surface area contributed by atoms with Gasteiger partial charge in [-0.05, 0) is 82.3 Å². The van der Waals surface area contributed by atoms with Crippen molar-refractivity contribution in [2.45, 2.75) is 46.2 Å². The molecule has 1 aromatic rings. The first-order valence-electron chi connectivity index (χ1n) is 6.75. The lowest BCUT2D eigenvalue weighted by Crippen LogP contribution is -2.35. The van der Waals surface area contributed by atoms with Crippen LogP contribution in [-0.4, -0.2) is 12.1 Å². The van der Waals surface area contributed by atoms with Crippen molar-refractivity contribution in [3.8, 4) is 5.75 Å². The molecule has 4 heteroatoms. The predicted octanol–water partition coefficient (Wildman–Crippen LogP) is 5.44. The second kappa shape index (κ2) is 7.62. The summed E-state index contributed by atoms with van der Waals surface area (Å²) in [5.74, 6) is 0.833. The maximum atomic E-state index is 5.81. The summed E-state index contributed by atoms with van der Waals surface area (Å²) in [6.45, 7) is 13.9. The van der Waals surface area contributed by atoms with Gasteiger partial charge in [-0.3, -0.25) is 0 Å². The number of hydrogen-bond donors (Lipinski definition) is 1. The molecule has 0 radical (unpaired) electrons. The van der Waals surface area contributed by atoms with Gasteiger partial charge in [0, 0.05) is 12.1 Å². The van der Waals surface area contributed by atoms with Crippen LogP contribution in [0.3, 0.4) is 0 Å². The van der Waals surface area contributed by atoms with Crippen LogP contribution in [0.4, 0.5) is 0 Å². The molecule has 0 heterocycles. The predicted molar refractivity (Wildman–Crippen MR) is 93.4 cm³/mol. The van der Waals surface area contributed by atoms with Crippen LogP contribution in [0.5, 0.6) is 5.75 Å². The molecular weight excluding hydrogens is 382 g/mol. The van der Waals surface area contributed by atoms with Crippen LogP contribution in [0, 0.1) is 0 Å². The van der Waals surface area contributed by atoms with Crippen molar-refractivity contribution in [2.24, 2.45) is 0 Å². The standard InChI is InChI=1S/C16H23Br2NO/c1-6-11(2)10-20-15-13(17)7-12(8-14(15)18)9-19-16(3,4)5/h7-8,19H,2,6,9-10H2,1,3-5H3. The largest absolute Gasteiger partial charge is 0.487 e. The first-order valence-corrected chi connectivity index (χ1v) is 8.34. The van der Waals surface area contributed by atoms with Gasteiger partial charge in [-0.15, -0.1) is 0 Å². The van der Waals surface area contributed by atoms with Gasteiger partial charge in [0.25, 0.3) is 0 Å². The van der Waals surface area contributed by atoms with E-state index in [2.05, 4.69) is 83.6 Å². The molecule has 0 aromatic heterocycles. The third-order valence-corrected chi connectivity index (χ3v) is 3.98. The van der Waals surface area contributed by atoms with Crippen LogP contribution in [-0.2, 0) is 6.54 Å². The normalized spacial score (nSPS) is 11.5. The molecule has 0 aliphatic carbocycles. The van der Waals surface area contributed by atoms with E-state index >= 15 is 0 Å². The Hall–Kier alpha value is -0.320. The van der Waals surface area contributed by atoms with Gasteiger partial charge in [0.1, 0.15) is 12.4 Å². The van der Waals surface area contributed by atoms with Crippen molar-refractivity contribution in [3.63, 3.8) is 0 Å². The number of nitrogens with one attached hydrogen (secondary N) is 1. The first-order chi connectivity index (χ1) is 9.23. The molecular formula is C16H23Br2NO. The zero-order valence-corrected chi connectivity index (χ0v) is 15.8. The van der Waals surface area contributed by atoms with Crippen LogP contribution in [0.1, 0.15) is 39.7 Å². The number of benzene rings is 1. The molecule has 1 aromatic carbocycles. The summed E-state index contributed by atoms with van der Waals surface area (Å²) in [4.78, 5) is 0. The Morgan fingerprint density at radius 2 is 1.80 bits per heavy atom. The molecule has 0 saturated heterocycles. The van der Waals surface area contributed by atoms with E-state index in [0.29, 0.717) is 6.61 Å². The van der Waals surface area contributed by atoms with Crippen LogP contribution in [0.15, 0.2) is 33.2 Å². The molecule has 0 fully saturated rings. The van der Waals surface area contributed by atoms with Gasteiger partial charge < -0.3 is 10.1 Å². The Morgan fingerprint density at radius 1 is 1.25 bits per heavy atom. The third kappa shape index (κ3) is 5.98. The summed E-state index contributed by atoms with van der Waals surface area (Å²) in [6.07, 6.45) is 0.933. The monoisotopic (exact) mass is 403 g/mol. The van der Waals surface area contributed by atoms with E-state index in [1.807, 2.05) is 0 Å². The van der Waals surface area contributed by atoms with Crippen molar-refractivity contribution < 1.29 is 4.74 Å². The summed E-state index contributed by atoms with van der Waals surface area (Å²) in [5, 5.41) is 3.47. The molecule has 1 rings (SSSR count). The number of halogens is 2. The van der Waals surface area contributed by atoms with Crippen molar-refractivity contribution in [2.75, 3.05) is 6.61 Å². The molecule has 0 aliphatic heterocycles. The van der Waals surface area contributed by atoms with Crippen LogP contribution >= 0.6 is 31.9 Å². The fourth-order valence-electron chi connectivity index (χ4n) is 1.50. The minimum absolute atomic E-state index is 0.104. The maximum Gasteiger partial charge on any atom is 0.148 e. The Labute approximate surface area is 139 Å². The molecule has 1 N–H and O–H groups in total. The number of ether oxygens (including phenoxy) is 1. The lowest BCUT2D eigenvalue weighted by molar-refractivity contribution is 0.344. The molecule has 20 heavy (non-hydrogen) atoms. The van der Waals surface area contributed by atoms with Gasteiger partial charge in [-0.2, -0.15) is 0 Å². The third-order valence-electron chi connectivity index (χ3n) is 2.80. The maximum absolute atomic E-state index is 5.81. The van der Waals surface area contributed by atoms with Crippen molar-refractivity contribution >= 4 is 31.9 Å². The minimum Gasteiger partial charge on any atom is -0.487 e. The molecule has 0 amide bonds. The fourth-order valence-corrected chi connectivity index (χ4v) is 3.01. The summed E-state index contributed by atoms with van der Waals surface area (Å²) >= 11 is 7.16. The summed E-state index contributed by atoms with van der Waals surface area (Å²) in [7, 11) is 0. The quantitative estimate of drug-likeness (QED) is 0.637. The van der Waals surface area contributed by atoms with E-state index in [1.54, 1.807) is 0 Å². The van der Waals surface area contributed by atoms with Gasteiger partial charge >= 0.3 is 0 Å². The molecule has 0 spiro atoms. The molecule has 0 bridgehead atoms. The second-order valence-electron chi connectivity index (χ2n) is 5.88. The molecule has 0 saturated carbocycles. The van der Waals surface area contributed by atoms with Crippen LogP contribution in [0.25, 0.3) is 0 Å². The second-order valence-corrected chi connectivity index (χ2v) is 7.59. The zero-order chi connectivity index (χ0) is 15.3. The summed E-state index contributed by atoms with van der Waals surface area (Å²) in [5.41, 5.74) is 2.40. The highest BCUT2D eigenvalue weighted by molar-refractivity contribution is 9.11. The van der Waals surface area contributed by atoms with Gasteiger partial charge in [-0.1, -0.05) is 13.5 Å². The highest BCUT2D eigenvalue weighted by Gasteiger charge is 2.12. The topological polar surface area (TPSA) is 21.3 Å². The van der Waals surface area contributed by atoms with Crippen LogP contribution < -0.4 is 10.1 Å². The van der Waals surface area contributed by atoms with Gasteiger partial charge in [0.15, 0.2) is 0 Å².